The first-order chi connectivity index (χ1) is 6.61. The fourth-order valence-electron chi connectivity index (χ4n) is 0.898. The van der Waals surface area contributed by atoms with Gasteiger partial charge in [-0.2, -0.15) is 0 Å². The molecule has 0 bridgehead atoms. The molecule has 1 nitrogen and oxygen atoms in total. The maximum atomic E-state index is 4.29. The zero-order chi connectivity index (χ0) is 11.0. The van der Waals surface area contributed by atoms with E-state index in [-0.39, 0.29) is 0 Å². The zero-order valence-corrected chi connectivity index (χ0v) is 9.54. The minimum Gasteiger partial charge on any atom is -0.261 e. The summed E-state index contributed by atoms with van der Waals surface area (Å²) in [4.78, 5) is 4.29. The van der Waals surface area contributed by atoms with E-state index in [4.69, 9.17) is 0 Å². The summed E-state index contributed by atoms with van der Waals surface area (Å²) in [5.74, 6) is 0. The van der Waals surface area contributed by atoms with Gasteiger partial charge in [-0.1, -0.05) is 24.8 Å². The van der Waals surface area contributed by atoms with Gasteiger partial charge in [0.1, 0.15) is 0 Å². The second-order valence-electron chi connectivity index (χ2n) is 3.11. The number of aliphatic imine (C=N–C) groups is 1. The lowest BCUT2D eigenvalue weighted by atomic mass is 10.1. The molecule has 0 heterocycles. The third kappa shape index (κ3) is 5.31. The lowest BCUT2D eigenvalue weighted by Crippen LogP contribution is -1.83. The summed E-state index contributed by atoms with van der Waals surface area (Å²) in [5.41, 5.74) is 3.09. The maximum Gasteiger partial charge on any atom is 0.0369 e. The van der Waals surface area contributed by atoms with E-state index in [9.17, 15) is 0 Å². The minimum atomic E-state index is 1.00. The molecule has 0 aromatic rings. The highest BCUT2D eigenvalue weighted by atomic mass is 14.7. The van der Waals surface area contributed by atoms with Gasteiger partial charge in [-0.05, 0) is 44.9 Å². The van der Waals surface area contributed by atoms with Crippen molar-refractivity contribution in [3.8, 4) is 0 Å². The van der Waals surface area contributed by atoms with Gasteiger partial charge in [0, 0.05) is 11.9 Å². The van der Waals surface area contributed by atoms with Gasteiger partial charge in [0.05, 0.1) is 0 Å². The summed E-state index contributed by atoms with van der Waals surface area (Å²) in [7, 11) is 0. The molecule has 0 fully saturated rings. The van der Waals surface area contributed by atoms with E-state index in [1.54, 1.807) is 0 Å². The highest BCUT2D eigenvalue weighted by Gasteiger charge is 1.89. The highest BCUT2D eigenvalue weighted by molar-refractivity contribution is 5.93. The number of hydrogen-bond acceptors (Lipinski definition) is 1. The van der Waals surface area contributed by atoms with Crippen LogP contribution in [0.2, 0.25) is 0 Å². The summed E-state index contributed by atoms with van der Waals surface area (Å²) >= 11 is 0. The smallest absolute Gasteiger partial charge is 0.0369 e. The Bertz CT molecular complexity index is 301. The predicted molar refractivity (Wildman–Crippen MR) is 65.6 cm³/mol. The Kier molecular flexibility index (Phi) is 6.38. The topological polar surface area (TPSA) is 12.4 Å². The summed E-state index contributed by atoms with van der Waals surface area (Å²) in [6.45, 7) is 11.9. The van der Waals surface area contributed by atoms with Crippen molar-refractivity contribution in [2.45, 2.75) is 27.7 Å². The van der Waals surface area contributed by atoms with Crippen LogP contribution in [0.3, 0.4) is 0 Å². The fourth-order valence-corrected chi connectivity index (χ4v) is 0.898. The standard InChI is InChI=1S/C13H19N/c1-6-8-11(3)12(4)10-14-13(5)9-7-2/h6-10H,3H2,1-2,4-5H3. The Morgan fingerprint density at radius 3 is 2.14 bits per heavy atom. The molecule has 0 N–H and O–H groups in total. The van der Waals surface area contributed by atoms with E-state index in [0.717, 1.165) is 16.9 Å². The van der Waals surface area contributed by atoms with Crippen LogP contribution in [0, 0.1) is 0 Å². The van der Waals surface area contributed by atoms with Gasteiger partial charge in [0.15, 0.2) is 0 Å². The van der Waals surface area contributed by atoms with E-state index in [2.05, 4.69) is 11.6 Å². The molecule has 14 heavy (non-hydrogen) atoms. The Hall–Kier alpha value is -1.37. The molecular weight excluding hydrogens is 170 g/mol. The van der Waals surface area contributed by atoms with Crippen LogP contribution in [0.5, 0.6) is 0 Å². The average molecular weight is 189 g/mol. The molecule has 0 spiro atoms. The molecule has 76 valence electrons. The third-order valence-electron chi connectivity index (χ3n) is 1.74. The average Bonchev–Trinajstić information content (AvgIpc) is 2.15. The van der Waals surface area contributed by atoms with Crippen molar-refractivity contribution in [1.82, 2.24) is 0 Å². The van der Waals surface area contributed by atoms with Gasteiger partial charge in [0.2, 0.25) is 0 Å². The largest absolute Gasteiger partial charge is 0.261 e. The number of hydrogen-bond donors (Lipinski definition) is 0. The lowest BCUT2D eigenvalue weighted by molar-refractivity contribution is 1.37. The Balaban J connectivity index is 4.53. The highest BCUT2D eigenvalue weighted by Crippen LogP contribution is 2.08. The van der Waals surface area contributed by atoms with Crippen LogP contribution < -0.4 is 0 Å². The molecule has 0 aromatic carbocycles. The van der Waals surface area contributed by atoms with Crippen LogP contribution in [-0.4, -0.2) is 5.71 Å². The van der Waals surface area contributed by atoms with Crippen LogP contribution in [0.15, 0.2) is 53.2 Å². The van der Waals surface area contributed by atoms with Gasteiger partial charge < -0.3 is 0 Å². The van der Waals surface area contributed by atoms with Crippen LogP contribution in [0.4, 0.5) is 0 Å². The van der Waals surface area contributed by atoms with Gasteiger partial charge in [-0.25, -0.2) is 0 Å². The number of rotatable bonds is 4. The predicted octanol–water partition coefficient (Wildman–Crippen LogP) is 4.06. The monoisotopic (exact) mass is 189 g/mol. The van der Waals surface area contributed by atoms with Gasteiger partial charge in [-0.3, -0.25) is 4.99 Å². The SMILES string of the molecule is C=C(C=CC)C(C)=CN=C(C)C=CC. The van der Waals surface area contributed by atoms with Crippen molar-refractivity contribution in [1.29, 1.82) is 0 Å². The molecule has 0 atom stereocenters. The summed E-state index contributed by atoms with van der Waals surface area (Å²) in [6, 6.07) is 0. The summed E-state index contributed by atoms with van der Waals surface area (Å²) in [6.07, 6.45) is 9.75. The molecular formula is C13H19N. The maximum absolute atomic E-state index is 4.29. The Morgan fingerprint density at radius 1 is 1.07 bits per heavy atom. The van der Waals surface area contributed by atoms with Gasteiger partial charge in [-0.15, -0.1) is 0 Å². The molecule has 1 heteroatoms. The first-order valence-corrected chi connectivity index (χ1v) is 4.77. The first kappa shape index (κ1) is 12.6. The third-order valence-corrected chi connectivity index (χ3v) is 1.74. The lowest BCUT2D eigenvalue weighted by Gasteiger charge is -1.97. The molecule has 0 aliphatic heterocycles. The zero-order valence-electron chi connectivity index (χ0n) is 9.54. The molecule has 0 amide bonds. The van der Waals surface area contributed by atoms with Crippen molar-refractivity contribution in [2.75, 3.05) is 0 Å². The second-order valence-corrected chi connectivity index (χ2v) is 3.11. The number of nitrogens with zero attached hydrogens (tertiary/aromatic N) is 1. The van der Waals surface area contributed by atoms with E-state index in [1.165, 1.54) is 0 Å². The Morgan fingerprint density at radius 2 is 1.64 bits per heavy atom. The Labute approximate surface area is 87.3 Å². The van der Waals surface area contributed by atoms with E-state index in [0.29, 0.717) is 0 Å². The van der Waals surface area contributed by atoms with Crippen LogP contribution in [0.25, 0.3) is 0 Å². The van der Waals surface area contributed by atoms with E-state index in [1.807, 2.05) is 58.2 Å². The van der Waals surface area contributed by atoms with Crippen molar-refractivity contribution in [2.24, 2.45) is 4.99 Å². The van der Waals surface area contributed by atoms with Crippen molar-refractivity contribution < 1.29 is 0 Å². The molecule has 0 aliphatic rings. The molecule has 0 unspecified atom stereocenters. The van der Waals surface area contributed by atoms with Crippen molar-refractivity contribution in [3.05, 3.63) is 48.2 Å². The molecule has 0 aromatic heterocycles. The summed E-state index contributed by atoms with van der Waals surface area (Å²) in [5, 5.41) is 0. The molecule has 0 aliphatic carbocycles. The van der Waals surface area contributed by atoms with Gasteiger partial charge in [0.25, 0.3) is 0 Å². The quantitative estimate of drug-likeness (QED) is 0.467. The first-order valence-electron chi connectivity index (χ1n) is 4.77. The van der Waals surface area contributed by atoms with Crippen molar-refractivity contribution >= 4 is 5.71 Å². The van der Waals surface area contributed by atoms with Gasteiger partial charge >= 0.3 is 0 Å². The fraction of sp³-hybridized carbons (Fsp3) is 0.308. The van der Waals surface area contributed by atoms with Crippen LogP contribution >= 0.6 is 0 Å². The minimum absolute atomic E-state index is 1.00. The van der Waals surface area contributed by atoms with Crippen LogP contribution in [-0.2, 0) is 0 Å². The molecule has 0 rings (SSSR count). The normalized spacial score (nSPS) is 14.3. The molecule has 0 saturated carbocycles. The van der Waals surface area contributed by atoms with Crippen molar-refractivity contribution in [3.63, 3.8) is 0 Å². The molecule has 0 saturated heterocycles. The van der Waals surface area contributed by atoms with Crippen LogP contribution in [0.1, 0.15) is 27.7 Å². The van der Waals surface area contributed by atoms with E-state index >= 15 is 0 Å². The van der Waals surface area contributed by atoms with E-state index < -0.39 is 0 Å². The number of allylic oxidation sites excluding steroid dienone is 6. The summed E-state index contributed by atoms with van der Waals surface area (Å²) < 4.78 is 0. The second kappa shape index (κ2) is 7.07. The molecule has 0 radical (unpaired) electrons.